The maximum absolute atomic E-state index is 11.1. The molecule has 16 heavy (non-hydrogen) atoms. The van der Waals surface area contributed by atoms with E-state index >= 15 is 0 Å². The van der Waals surface area contributed by atoms with Gasteiger partial charge in [0.15, 0.2) is 0 Å². The van der Waals surface area contributed by atoms with Gasteiger partial charge in [-0.3, -0.25) is 9.78 Å². The molecular formula is C9H15Cl2N3O2. The average Bonchev–Trinajstić information content (AvgIpc) is 2.26. The summed E-state index contributed by atoms with van der Waals surface area (Å²) in [5, 5.41) is 11.6. The van der Waals surface area contributed by atoms with Crippen LogP contribution < -0.4 is 11.1 Å². The number of aliphatic hydroxyl groups excluding tert-OH is 1. The van der Waals surface area contributed by atoms with E-state index in [4.69, 9.17) is 10.8 Å². The van der Waals surface area contributed by atoms with Crippen molar-refractivity contribution in [3.05, 3.63) is 30.1 Å². The minimum Gasteiger partial charge on any atom is -0.382 e. The molecule has 1 aromatic heterocycles. The lowest BCUT2D eigenvalue weighted by atomic mass is 10.2. The molecule has 1 atom stereocenters. The maximum Gasteiger partial charge on any atom is 0.250 e. The Balaban J connectivity index is 0. The molecule has 1 amide bonds. The van der Waals surface area contributed by atoms with Crippen LogP contribution >= 0.6 is 24.8 Å². The maximum atomic E-state index is 11.1. The number of rotatable bonds is 4. The predicted octanol–water partition coefficient (Wildman–Crippen LogP) is -0.139. The highest BCUT2D eigenvalue weighted by molar-refractivity contribution is 5.85. The molecule has 0 aliphatic rings. The van der Waals surface area contributed by atoms with Crippen LogP contribution in [0.2, 0.25) is 0 Å². The van der Waals surface area contributed by atoms with Crippen LogP contribution in [0.1, 0.15) is 5.56 Å². The molecule has 0 aliphatic heterocycles. The highest BCUT2D eigenvalue weighted by Crippen LogP contribution is 1.94. The molecule has 92 valence electrons. The number of carbonyl (C=O) groups is 1. The van der Waals surface area contributed by atoms with Gasteiger partial charge in [0.1, 0.15) is 6.10 Å². The zero-order valence-electron chi connectivity index (χ0n) is 8.50. The molecular weight excluding hydrogens is 253 g/mol. The summed E-state index contributed by atoms with van der Waals surface area (Å²) in [7, 11) is 0. The molecule has 0 saturated heterocycles. The molecule has 4 N–H and O–H groups in total. The number of nitrogens with two attached hydrogens (primary N) is 1. The van der Waals surface area contributed by atoms with Gasteiger partial charge in [-0.2, -0.15) is 0 Å². The summed E-state index contributed by atoms with van der Waals surface area (Å²) in [6.45, 7) is 0.306. The topological polar surface area (TPSA) is 88.2 Å². The van der Waals surface area contributed by atoms with E-state index in [0.717, 1.165) is 5.56 Å². The van der Waals surface area contributed by atoms with Gasteiger partial charge in [-0.1, -0.05) is 0 Å². The minimum atomic E-state index is -1.13. The molecule has 1 rings (SSSR count). The summed E-state index contributed by atoms with van der Waals surface area (Å²) in [5.41, 5.74) is 6.05. The van der Waals surface area contributed by atoms with E-state index in [-0.39, 0.29) is 31.4 Å². The molecule has 7 heteroatoms. The molecule has 1 unspecified atom stereocenters. The van der Waals surface area contributed by atoms with Crippen molar-refractivity contribution in [2.45, 2.75) is 12.6 Å². The average molecular weight is 268 g/mol. The summed E-state index contributed by atoms with van der Waals surface area (Å²) < 4.78 is 0. The zero-order valence-corrected chi connectivity index (χ0v) is 10.1. The van der Waals surface area contributed by atoms with Crippen LogP contribution in [-0.2, 0) is 11.3 Å². The van der Waals surface area contributed by atoms with E-state index in [1.54, 1.807) is 24.5 Å². The summed E-state index contributed by atoms with van der Waals surface area (Å²) in [6, 6.07) is 3.57. The Morgan fingerprint density at radius 1 is 1.44 bits per heavy atom. The monoisotopic (exact) mass is 267 g/mol. The third-order valence-electron chi connectivity index (χ3n) is 1.74. The standard InChI is InChI=1S/C9H13N3O2.2ClH/c10-5-8(13)9(14)12-6-7-1-3-11-4-2-7;;/h1-4,8,13H,5-6,10H2,(H,12,14);2*1H. The fraction of sp³-hybridized carbons (Fsp3) is 0.333. The van der Waals surface area contributed by atoms with Gasteiger partial charge >= 0.3 is 0 Å². The first-order chi connectivity index (χ1) is 6.74. The van der Waals surface area contributed by atoms with Crippen LogP contribution in [0.5, 0.6) is 0 Å². The fourth-order valence-electron chi connectivity index (χ4n) is 0.915. The number of hydrogen-bond donors (Lipinski definition) is 3. The minimum absolute atomic E-state index is 0. The quantitative estimate of drug-likeness (QED) is 0.709. The highest BCUT2D eigenvalue weighted by Gasteiger charge is 2.11. The number of hydrogen-bond acceptors (Lipinski definition) is 4. The first-order valence-electron chi connectivity index (χ1n) is 4.29. The van der Waals surface area contributed by atoms with Gasteiger partial charge < -0.3 is 16.2 Å². The van der Waals surface area contributed by atoms with Crippen LogP contribution in [0.25, 0.3) is 0 Å². The third kappa shape index (κ3) is 5.87. The van der Waals surface area contributed by atoms with Crippen molar-refractivity contribution in [1.29, 1.82) is 0 Å². The van der Waals surface area contributed by atoms with E-state index in [1.807, 2.05) is 0 Å². The van der Waals surface area contributed by atoms with Crippen molar-refractivity contribution >= 4 is 30.7 Å². The zero-order chi connectivity index (χ0) is 10.4. The SMILES string of the molecule is Cl.Cl.NCC(O)C(=O)NCc1ccncc1. The highest BCUT2D eigenvalue weighted by atomic mass is 35.5. The molecule has 0 saturated carbocycles. The lowest BCUT2D eigenvalue weighted by Gasteiger charge is -2.08. The van der Waals surface area contributed by atoms with Crippen LogP contribution in [0, 0.1) is 0 Å². The van der Waals surface area contributed by atoms with Crippen LogP contribution in [0.15, 0.2) is 24.5 Å². The molecule has 0 radical (unpaired) electrons. The smallest absolute Gasteiger partial charge is 0.250 e. The molecule has 0 aliphatic carbocycles. The number of aromatic nitrogens is 1. The first kappa shape index (κ1) is 17.5. The molecule has 5 nitrogen and oxygen atoms in total. The summed E-state index contributed by atoms with van der Waals surface area (Å²) >= 11 is 0. The van der Waals surface area contributed by atoms with Gasteiger partial charge in [-0.15, -0.1) is 24.8 Å². The van der Waals surface area contributed by atoms with Crippen LogP contribution in [0.4, 0.5) is 0 Å². The van der Waals surface area contributed by atoms with Crippen LogP contribution in [-0.4, -0.2) is 28.6 Å². The Kier molecular flexibility index (Phi) is 10.2. The van der Waals surface area contributed by atoms with Crippen molar-refractivity contribution < 1.29 is 9.90 Å². The van der Waals surface area contributed by atoms with Gasteiger partial charge in [0.05, 0.1) is 0 Å². The summed E-state index contributed by atoms with van der Waals surface area (Å²) in [4.78, 5) is 14.9. The van der Waals surface area contributed by atoms with Crippen molar-refractivity contribution in [3.63, 3.8) is 0 Å². The van der Waals surface area contributed by atoms with Crippen molar-refractivity contribution in [3.8, 4) is 0 Å². The number of nitrogens with one attached hydrogen (secondary N) is 1. The van der Waals surface area contributed by atoms with E-state index in [1.165, 1.54) is 0 Å². The van der Waals surface area contributed by atoms with Gasteiger partial charge in [0.25, 0.3) is 0 Å². The molecule has 1 heterocycles. The van der Waals surface area contributed by atoms with E-state index in [2.05, 4.69) is 10.3 Å². The number of pyridine rings is 1. The molecule has 0 spiro atoms. The molecule has 0 bridgehead atoms. The third-order valence-corrected chi connectivity index (χ3v) is 1.74. The number of amides is 1. The second-order valence-electron chi connectivity index (χ2n) is 2.82. The van der Waals surface area contributed by atoms with Crippen molar-refractivity contribution in [1.82, 2.24) is 10.3 Å². The first-order valence-corrected chi connectivity index (χ1v) is 4.29. The Morgan fingerprint density at radius 3 is 2.50 bits per heavy atom. The predicted molar refractivity (Wildman–Crippen MR) is 65.6 cm³/mol. The lowest BCUT2D eigenvalue weighted by molar-refractivity contribution is -0.128. The molecule has 1 aromatic rings. The molecule has 0 aromatic carbocycles. The van der Waals surface area contributed by atoms with Crippen molar-refractivity contribution in [2.75, 3.05) is 6.54 Å². The lowest BCUT2D eigenvalue weighted by Crippen LogP contribution is -2.38. The Hall–Kier alpha value is -0.880. The summed E-state index contributed by atoms with van der Waals surface area (Å²) in [6.07, 6.45) is 2.15. The Bertz CT molecular complexity index is 298. The number of halogens is 2. The second kappa shape index (κ2) is 9.35. The number of nitrogens with zero attached hydrogens (tertiary/aromatic N) is 1. The Labute approximate surface area is 106 Å². The van der Waals surface area contributed by atoms with Crippen molar-refractivity contribution in [2.24, 2.45) is 5.73 Å². The normalized spacial score (nSPS) is 10.6. The largest absolute Gasteiger partial charge is 0.382 e. The van der Waals surface area contributed by atoms with E-state index in [0.29, 0.717) is 6.54 Å². The van der Waals surface area contributed by atoms with Gasteiger partial charge in [0.2, 0.25) is 5.91 Å². The number of aliphatic hydroxyl groups is 1. The Morgan fingerprint density at radius 2 is 2.00 bits per heavy atom. The van der Waals surface area contributed by atoms with E-state index < -0.39 is 12.0 Å². The number of carbonyl (C=O) groups excluding carboxylic acids is 1. The second-order valence-corrected chi connectivity index (χ2v) is 2.82. The van der Waals surface area contributed by atoms with Gasteiger partial charge in [-0.25, -0.2) is 0 Å². The molecule has 0 fully saturated rings. The van der Waals surface area contributed by atoms with Gasteiger partial charge in [0, 0.05) is 25.5 Å². The summed E-state index contributed by atoms with van der Waals surface area (Å²) in [5.74, 6) is -0.454. The van der Waals surface area contributed by atoms with Crippen LogP contribution in [0.3, 0.4) is 0 Å². The fourth-order valence-corrected chi connectivity index (χ4v) is 0.915. The van der Waals surface area contributed by atoms with Gasteiger partial charge in [-0.05, 0) is 17.7 Å². The van der Waals surface area contributed by atoms with E-state index in [9.17, 15) is 4.79 Å².